The van der Waals surface area contributed by atoms with Crippen molar-refractivity contribution in [3.63, 3.8) is 0 Å². The van der Waals surface area contributed by atoms with Gasteiger partial charge in [0.25, 0.3) is 5.91 Å². The first-order valence-corrected chi connectivity index (χ1v) is 12.0. The van der Waals surface area contributed by atoms with E-state index in [9.17, 15) is 9.59 Å². The minimum atomic E-state index is -0.349. The van der Waals surface area contributed by atoms with Crippen LogP contribution >= 0.6 is 0 Å². The SMILES string of the molecule is COc1ccccc1C(=O)NC[C@]1(c2ccccc2)CC[C@@H](N(C)C(=O)Oc2ccccc2)CC1. The summed E-state index contributed by atoms with van der Waals surface area (Å²) < 4.78 is 10.9. The Kier molecular flexibility index (Phi) is 7.70. The highest BCUT2D eigenvalue weighted by molar-refractivity contribution is 5.97. The number of ether oxygens (including phenoxy) is 2. The number of amides is 2. The molecule has 0 aliphatic heterocycles. The number of carbonyl (C=O) groups excluding carboxylic acids is 2. The Morgan fingerprint density at radius 1 is 0.914 bits per heavy atom. The van der Waals surface area contributed by atoms with Gasteiger partial charge in [-0.05, 0) is 55.5 Å². The number of benzene rings is 3. The number of para-hydroxylation sites is 2. The molecule has 3 aromatic rings. The van der Waals surface area contributed by atoms with E-state index in [2.05, 4.69) is 17.4 Å². The van der Waals surface area contributed by atoms with E-state index < -0.39 is 0 Å². The van der Waals surface area contributed by atoms with Gasteiger partial charge in [-0.25, -0.2) is 4.79 Å². The number of rotatable bonds is 7. The van der Waals surface area contributed by atoms with Crippen molar-refractivity contribution in [1.29, 1.82) is 0 Å². The molecule has 3 aromatic carbocycles. The molecule has 1 N–H and O–H groups in total. The number of hydrogen-bond acceptors (Lipinski definition) is 4. The van der Waals surface area contributed by atoms with E-state index in [1.54, 1.807) is 43.3 Å². The molecular weight excluding hydrogens is 440 g/mol. The summed E-state index contributed by atoms with van der Waals surface area (Å²) in [4.78, 5) is 27.4. The topological polar surface area (TPSA) is 67.9 Å². The van der Waals surface area contributed by atoms with Gasteiger partial charge < -0.3 is 19.7 Å². The van der Waals surface area contributed by atoms with Crippen molar-refractivity contribution in [2.75, 3.05) is 20.7 Å². The number of nitrogens with zero attached hydrogens (tertiary/aromatic N) is 1. The highest BCUT2D eigenvalue weighted by Crippen LogP contribution is 2.40. The maximum absolute atomic E-state index is 13.0. The number of carbonyl (C=O) groups is 2. The predicted molar refractivity (Wildman–Crippen MR) is 136 cm³/mol. The zero-order valence-corrected chi connectivity index (χ0v) is 20.3. The minimum Gasteiger partial charge on any atom is -0.496 e. The lowest BCUT2D eigenvalue weighted by Crippen LogP contribution is -2.48. The summed E-state index contributed by atoms with van der Waals surface area (Å²) in [5.74, 6) is 0.947. The van der Waals surface area contributed by atoms with Gasteiger partial charge in [0.1, 0.15) is 11.5 Å². The molecule has 0 unspecified atom stereocenters. The molecule has 1 fully saturated rings. The summed E-state index contributed by atoms with van der Waals surface area (Å²) in [5, 5.41) is 3.16. The van der Waals surface area contributed by atoms with E-state index in [4.69, 9.17) is 9.47 Å². The first-order chi connectivity index (χ1) is 17.0. The fraction of sp³-hybridized carbons (Fsp3) is 0.310. The summed E-state index contributed by atoms with van der Waals surface area (Å²) >= 11 is 0. The monoisotopic (exact) mass is 472 g/mol. The highest BCUT2D eigenvalue weighted by Gasteiger charge is 2.39. The van der Waals surface area contributed by atoms with Crippen LogP contribution in [0, 0.1) is 0 Å². The Hall–Kier alpha value is -3.80. The van der Waals surface area contributed by atoms with E-state index in [-0.39, 0.29) is 23.5 Å². The van der Waals surface area contributed by atoms with E-state index in [0.29, 0.717) is 23.6 Å². The summed E-state index contributed by atoms with van der Waals surface area (Å²) in [5.41, 5.74) is 1.52. The number of methoxy groups -OCH3 is 1. The van der Waals surface area contributed by atoms with Crippen molar-refractivity contribution in [2.24, 2.45) is 0 Å². The lowest BCUT2D eigenvalue weighted by Gasteiger charge is -2.43. The Morgan fingerprint density at radius 3 is 2.17 bits per heavy atom. The predicted octanol–water partition coefficient (Wildman–Crippen LogP) is 5.44. The normalized spacial score (nSPS) is 19.4. The molecule has 1 aliphatic rings. The molecule has 6 heteroatoms. The molecule has 0 saturated heterocycles. The largest absolute Gasteiger partial charge is 0.496 e. The van der Waals surface area contributed by atoms with Crippen LogP contribution in [0.25, 0.3) is 0 Å². The Labute approximate surface area is 206 Å². The van der Waals surface area contributed by atoms with E-state index in [1.807, 2.05) is 48.5 Å². The molecule has 6 nitrogen and oxygen atoms in total. The molecule has 0 spiro atoms. The van der Waals surface area contributed by atoms with Gasteiger partial charge >= 0.3 is 6.09 Å². The lowest BCUT2D eigenvalue weighted by molar-refractivity contribution is 0.0918. The van der Waals surface area contributed by atoms with Gasteiger partial charge in [0.05, 0.1) is 12.7 Å². The van der Waals surface area contributed by atoms with Crippen molar-refractivity contribution in [2.45, 2.75) is 37.1 Å². The second-order valence-electron chi connectivity index (χ2n) is 9.05. The first-order valence-electron chi connectivity index (χ1n) is 12.0. The third-order valence-electron chi connectivity index (χ3n) is 7.02. The van der Waals surface area contributed by atoms with Gasteiger partial charge in [0, 0.05) is 25.0 Å². The molecule has 0 bridgehead atoms. The van der Waals surface area contributed by atoms with Crippen molar-refractivity contribution in [3.05, 3.63) is 96.1 Å². The van der Waals surface area contributed by atoms with Gasteiger partial charge in [0.2, 0.25) is 0 Å². The van der Waals surface area contributed by atoms with Crippen LogP contribution in [0.4, 0.5) is 4.79 Å². The Balaban J connectivity index is 1.45. The molecule has 1 aliphatic carbocycles. The fourth-order valence-electron chi connectivity index (χ4n) is 4.89. The van der Waals surface area contributed by atoms with Crippen molar-refractivity contribution in [3.8, 4) is 11.5 Å². The molecule has 0 heterocycles. The highest BCUT2D eigenvalue weighted by atomic mass is 16.6. The van der Waals surface area contributed by atoms with Crippen LogP contribution in [0.1, 0.15) is 41.6 Å². The Bertz CT molecular complexity index is 1130. The lowest BCUT2D eigenvalue weighted by atomic mass is 9.68. The van der Waals surface area contributed by atoms with Crippen molar-refractivity contribution in [1.82, 2.24) is 10.2 Å². The maximum atomic E-state index is 13.0. The zero-order chi connectivity index (χ0) is 24.7. The Morgan fingerprint density at radius 2 is 1.51 bits per heavy atom. The smallest absolute Gasteiger partial charge is 0.415 e. The molecule has 182 valence electrons. The van der Waals surface area contributed by atoms with Gasteiger partial charge in [-0.2, -0.15) is 0 Å². The number of hydrogen-bond donors (Lipinski definition) is 1. The third-order valence-corrected chi connectivity index (χ3v) is 7.02. The molecular formula is C29H32N2O4. The van der Waals surface area contributed by atoms with Crippen LogP contribution in [0.2, 0.25) is 0 Å². The molecule has 1 saturated carbocycles. The van der Waals surface area contributed by atoms with E-state index in [0.717, 1.165) is 25.7 Å². The summed E-state index contributed by atoms with van der Waals surface area (Å²) in [6, 6.07) is 26.8. The second-order valence-corrected chi connectivity index (χ2v) is 9.05. The maximum Gasteiger partial charge on any atom is 0.415 e. The average Bonchev–Trinajstić information content (AvgIpc) is 2.92. The van der Waals surface area contributed by atoms with Gasteiger partial charge in [-0.3, -0.25) is 4.79 Å². The van der Waals surface area contributed by atoms with Crippen LogP contribution in [0.5, 0.6) is 11.5 Å². The second kappa shape index (κ2) is 11.1. The molecule has 4 rings (SSSR count). The summed E-state index contributed by atoms with van der Waals surface area (Å²) in [6.45, 7) is 0.513. The van der Waals surface area contributed by atoms with E-state index >= 15 is 0 Å². The quantitative estimate of drug-likeness (QED) is 0.497. The number of nitrogens with one attached hydrogen (secondary N) is 1. The molecule has 2 amide bonds. The van der Waals surface area contributed by atoms with Crippen LogP contribution in [0.15, 0.2) is 84.9 Å². The molecule has 35 heavy (non-hydrogen) atoms. The van der Waals surface area contributed by atoms with Gasteiger partial charge in [-0.1, -0.05) is 60.7 Å². The molecule has 0 radical (unpaired) electrons. The van der Waals surface area contributed by atoms with Crippen molar-refractivity contribution < 1.29 is 19.1 Å². The third kappa shape index (κ3) is 5.65. The summed E-state index contributed by atoms with van der Waals surface area (Å²) in [7, 11) is 3.37. The first kappa shape index (κ1) is 24.3. The van der Waals surface area contributed by atoms with Crippen LogP contribution in [-0.2, 0) is 5.41 Å². The average molecular weight is 473 g/mol. The van der Waals surface area contributed by atoms with Crippen LogP contribution in [-0.4, -0.2) is 43.6 Å². The molecule has 0 atom stereocenters. The van der Waals surface area contributed by atoms with Gasteiger partial charge in [0.15, 0.2) is 0 Å². The fourth-order valence-corrected chi connectivity index (χ4v) is 4.89. The molecule has 0 aromatic heterocycles. The summed E-state index contributed by atoms with van der Waals surface area (Å²) in [6.07, 6.45) is 2.98. The van der Waals surface area contributed by atoms with Crippen molar-refractivity contribution >= 4 is 12.0 Å². The van der Waals surface area contributed by atoms with Gasteiger partial charge in [-0.15, -0.1) is 0 Å². The zero-order valence-electron chi connectivity index (χ0n) is 20.3. The van der Waals surface area contributed by atoms with Crippen LogP contribution < -0.4 is 14.8 Å². The van der Waals surface area contributed by atoms with E-state index in [1.165, 1.54) is 5.56 Å². The minimum absolute atomic E-state index is 0.0768. The standard InChI is InChI=1S/C29H32N2O4/c1-31(28(33)35-24-13-7-4-8-14-24)23-17-19-29(20-18-23,22-11-5-3-6-12-22)21-30-27(32)25-15-9-10-16-26(25)34-2/h3-16,23H,17-21H2,1-2H3,(H,30,32)/t23-,29+. The van der Waals surface area contributed by atoms with Crippen LogP contribution in [0.3, 0.4) is 0 Å².